The maximum atomic E-state index is 11.7. The summed E-state index contributed by atoms with van der Waals surface area (Å²) in [6.45, 7) is 1.17. The van der Waals surface area contributed by atoms with Crippen LogP contribution in [0, 0.1) is 0 Å². The summed E-state index contributed by atoms with van der Waals surface area (Å²) in [6.07, 6.45) is 1.68. The van der Waals surface area contributed by atoms with Crippen molar-refractivity contribution in [1.82, 2.24) is 9.88 Å². The van der Waals surface area contributed by atoms with Crippen LogP contribution in [-0.4, -0.2) is 29.4 Å². The summed E-state index contributed by atoms with van der Waals surface area (Å²) in [4.78, 5) is 18.9. The number of amides is 1. The van der Waals surface area contributed by atoms with E-state index in [2.05, 4.69) is 16.4 Å². The zero-order chi connectivity index (χ0) is 12.1. The van der Waals surface area contributed by atoms with Crippen molar-refractivity contribution >= 4 is 33.7 Å². The number of rotatable bonds is 5. The van der Waals surface area contributed by atoms with Crippen LogP contribution in [0.2, 0.25) is 0 Å². The molecule has 0 aliphatic carbocycles. The average molecular weight is 267 g/mol. The molecule has 0 aliphatic rings. The lowest BCUT2D eigenvalue weighted by atomic mass is 10.4. The van der Waals surface area contributed by atoms with Crippen molar-refractivity contribution in [2.45, 2.75) is 6.54 Å². The Kier molecular flexibility index (Phi) is 4.24. The lowest BCUT2D eigenvalue weighted by molar-refractivity contribution is -0.117. The van der Waals surface area contributed by atoms with Crippen LogP contribution in [0.5, 0.6) is 0 Å². The van der Waals surface area contributed by atoms with Gasteiger partial charge in [-0.3, -0.25) is 9.69 Å². The predicted molar refractivity (Wildman–Crippen MR) is 71.4 cm³/mol. The van der Waals surface area contributed by atoms with Gasteiger partial charge in [0.1, 0.15) is 0 Å². The summed E-state index contributed by atoms with van der Waals surface area (Å²) < 4.78 is 0. The molecular weight excluding hydrogens is 254 g/mol. The second-order valence-corrected chi connectivity index (χ2v) is 5.56. The van der Waals surface area contributed by atoms with E-state index in [4.69, 9.17) is 0 Å². The van der Waals surface area contributed by atoms with E-state index >= 15 is 0 Å². The summed E-state index contributed by atoms with van der Waals surface area (Å²) in [5.41, 5.74) is 0. The minimum atomic E-state index is -0.0287. The second-order valence-electron chi connectivity index (χ2n) is 3.64. The molecule has 0 unspecified atom stereocenters. The van der Waals surface area contributed by atoms with E-state index in [9.17, 15) is 4.79 Å². The van der Waals surface area contributed by atoms with Gasteiger partial charge in [0.25, 0.3) is 0 Å². The van der Waals surface area contributed by atoms with Crippen molar-refractivity contribution in [2.75, 3.05) is 18.9 Å². The van der Waals surface area contributed by atoms with Crippen LogP contribution in [0.25, 0.3) is 0 Å². The molecule has 2 aromatic rings. The summed E-state index contributed by atoms with van der Waals surface area (Å²) in [7, 11) is 1.93. The molecule has 1 amide bonds. The highest BCUT2D eigenvalue weighted by Gasteiger charge is 2.08. The highest BCUT2D eigenvalue weighted by atomic mass is 32.1. The highest BCUT2D eigenvalue weighted by Crippen LogP contribution is 2.12. The highest BCUT2D eigenvalue weighted by molar-refractivity contribution is 7.13. The maximum absolute atomic E-state index is 11.7. The monoisotopic (exact) mass is 267 g/mol. The number of thiophene rings is 1. The molecular formula is C11H13N3OS2. The molecule has 17 heavy (non-hydrogen) atoms. The molecule has 0 aromatic carbocycles. The molecule has 2 aromatic heterocycles. The van der Waals surface area contributed by atoms with E-state index in [0.29, 0.717) is 11.7 Å². The third-order valence-corrected chi connectivity index (χ3v) is 3.65. The zero-order valence-electron chi connectivity index (χ0n) is 9.42. The molecule has 90 valence electrons. The first kappa shape index (κ1) is 12.2. The number of nitrogens with zero attached hydrogens (tertiary/aromatic N) is 2. The Morgan fingerprint density at radius 2 is 2.35 bits per heavy atom. The number of carbonyl (C=O) groups excluding carboxylic acids is 1. The normalized spacial score (nSPS) is 10.7. The van der Waals surface area contributed by atoms with E-state index in [1.54, 1.807) is 17.5 Å². The molecule has 0 saturated carbocycles. The number of aromatic nitrogens is 1. The van der Waals surface area contributed by atoms with Gasteiger partial charge in [-0.1, -0.05) is 6.07 Å². The number of hydrogen-bond donors (Lipinski definition) is 1. The van der Waals surface area contributed by atoms with Gasteiger partial charge in [-0.05, 0) is 18.5 Å². The largest absolute Gasteiger partial charge is 0.301 e. The van der Waals surface area contributed by atoms with Gasteiger partial charge in [-0.15, -0.1) is 22.7 Å². The van der Waals surface area contributed by atoms with Crippen LogP contribution < -0.4 is 5.32 Å². The van der Waals surface area contributed by atoms with Crippen LogP contribution in [0.15, 0.2) is 29.1 Å². The minimum absolute atomic E-state index is 0.0287. The van der Waals surface area contributed by atoms with Crippen LogP contribution >= 0.6 is 22.7 Å². The van der Waals surface area contributed by atoms with Crippen LogP contribution in [0.3, 0.4) is 0 Å². The van der Waals surface area contributed by atoms with Crippen molar-refractivity contribution in [2.24, 2.45) is 0 Å². The first-order valence-electron chi connectivity index (χ1n) is 5.14. The number of anilines is 1. The lowest BCUT2D eigenvalue weighted by Gasteiger charge is -2.14. The lowest BCUT2D eigenvalue weighted by Crippen LogP contribution is -2.29. The molecule has 1 N–H and O–H groups in total. The third-order valence-electron chi connectivity index (χ3n) is 2.10. The fourth-order valence-corrected chi connectivity index (χ4v) is 2.74. The fourth-order valence-electron chi connectivity index (χ4n) is 1.41. The number of thiazole rings is 1. The SMILES string of the molecule is CN(CC(=O)Nc1nccs1)Cc1cccs1. The fraction of sp³-hybridized carbons (Fsp3) is 0.273. The molecule has 0 saturated heterocycles. The third kappa shape index (κ3) is 3.92. The molecule has 6 heteroatoms. The standard InChI is InChI=1S/C11H13N3OS2/c1-14(7-9-3-2-5-16-9)8-10(15)13-11-12-4-6-17-11/h2-6H,7-8H2,1H3,(H,12,13,15). The van der Waals surface area contributed by atoms with Gasteiger partial charge >= 0.3 is 0 Å². The Bertz CT molecular complexity index is 453. The average Bonchev–Trinajstić information content (AvgIpc) is 2.90. The van der Waals surface area contributed by atoms with Gasteiger partial charge in [0.05, 0.1) is 6.54 Å². The Morgan fingerprint density at radius 1 is 1.47 bits per heavy atom. The first-order chi connectivity index (χ1) is 8.24. The van der Waals surface area contributed by atoms with Gasteiger partial charge in [-0.2, -0.15) is 0 Å². The molecule has 0 aliphatic heterocycles. The molecule has 2 rings (SSSR count). The second kappa shape index (κ2) is 5.90. The first-order valence-corrected chi connectivity index (χ1v) is 6.90. The summed E-state index contributed by atoms with van der Waals surface area (Å²) in [6, 6.07) is 4.09. The van der Waals surface area contributed by atoms with Crippen molar-refractivity contribution in [3.05, 3.63) is 34.0 Å². The summed E-state index contributed by atoms with van der Waals surface area (Å²) in [5, 5.41) is 7.29. The van der Waals surface area contributed by atoms with E-state index < -0.39 is 0 Å². The van der Waals surface area contributed by atoms with E-state index in [1.807, 2.05) is 28.8 Å². The molecule has 0 bridgehead atoms. The van der Waals surface area contributed by atoms with Gasteiger partial charge in [0, 0.05) is 23.0 Å². The minimum Gasteiger partial charge on any atom is -0.301 e. The number of likely N-dealkylation sites (N-methyl/N-ethyl adjacent to an activating group) is 1. The van der Waals surface area contributed by atoms with Crippen molar-refractivity contribution in [3.8, 4) is 0 Å². The molecule has 0 radical (unpaired) electrons. The van der Waals surface area contributed by atoms with Crippen molar-refractivity contribution < 1.29 is 4.79 Å². The van der Waals surface area contributed by atoms with Gasteiger partial charge < -0.3 is 5.32 Å². The molecule has 0 fully saturated rings. The number of nitrogens with one attached hydrogen (secondary N) is 1. The molecule has 0 spiro atoms. The number of carbonyl (C=O) groups is 1. The quantitative estimate of drug-likeness (QED) is 0.904. The topological polar surface area (TPSA) is 45.2 Å². The van der Waals surface area contributed by atoms with E-state index in [0.717, 1.165) is 6.54 Å². The van der Waals surface area contributed by atoms with Crippen LogP contribution in [-0.2, 0) is 11.3 Å². The smallest absolute Gasteiger partial charge is 0.240 e. The predicted octanol–water partition coefficient (Wildman–Crippen LogP) is 2.28. The van der Waals surface area contributed by atoms with Gasteiger partial charge in [-0.25, -0.2) is 4.98 Å². The van der Waals surface area contributed by atoms with Crippen molar-refractivity contribution in [3.63, 3.8) is 0 Å². The Morgan fingerprint density at radius 3 is 3.00 bits per heavy atom. The van der Waals surface area contributed by atoms with Crippen LogP contribution in [0.4, 0.5) is 5.13 Å². The van der Waals surface area contributed by atoms with Gasteiger partial charge in [0.2, 0.25) is 5.91 Å². The molecule has 2 heterocycles. The summed E-state index contributed by atoms with van der Waals surface area (Å²) >= 11 is 3.12. The maximum Gasteiger partial charge on any atom is 0.240 e. The van der Waals surface area contributed by atoms with Crippen molar-refractivity contribution in [1.29, 1.82) is 0 Å². The van der Waals surface area contributed by atoms with Gasteiger partial charge in [0.15, 0.2) is 5.13 Å². The van der Waals surface area contributed by atoms with Crippen LogP contribution in [0.1, 0.15) is 4.88 Å². The Hall–Kier alpha value is -1.24. The van der Waals surface area contributed by atoms with E-state index in [1.165, 1.54) is 16.2 Å². The molecule has 4 nitrogen and oxygen atoms in total. The van der Waals surface area contributed by atoms with E-state index in [-0.39, 0.29) is 5.91 Å². The Balaban J connectivity index is 1.78. The zero-order valence-corrected chi connectivity index (χ0v) is 11.1. The molecule has 0 atom stereocenters. The number of hydrogen-bond acceptors (Lipinski definition) is 5. The summed E-state index contributed by atoms with van der Waals surface area (Å²) in [5.74, 6) is -0.0287. The Labute approximate surface area is 108 Å².